The third kappa shape index (κ3) is 1.35. The van der Waals surface area contributed by atoms with Gasteiger partial charge in [-0.05, 0) is 25.7 Å². The number of nitrogens with two attached hydrogens (primary N) is 1. The van der Waals surface area contributed by atoms with Crippen LogP contribution in [0.5, 0.6) is 0 Å². The number of aryl methyl sites for hydroxylation is 1. The molecule has 1 saturated carbocycles. The highest BCUT2D eigenvalue weighted by atomic mass is 32.1. The van der Waals surface area contributed by atoms with Crippen LogP contribution in [0.3, 0.4) is 0 Å². The molecular formula is C10H13N3S. The van der Waals surface area contributed by atoms with Gasteiger partial charge in [0.1, 0.15) is 0 Å². The van der Waals surface area contributed by atoms with Crippen molar-refractivity contribution in [1.29, 1.82) is 0 Å². The number of imidazole rings is 1. The van der Waals surface area contributed by atoms with Gasteiger partial charge in [-0.1, -0.05) is 0 Å². The summed E-state index contributed by atoms with van der Waals surface area (Å²) in [4.78, 5) is 5.43. The fourth-order valence-corrected chi connectivity index (χ4v) is 2.46. The minimum Gasteiger partial charge on any atom is -0.325 e. The van der Waals surface area contributed by atoms with Gasteiger partial charge in [0.15, 0.2) is 4.96 Å². The van der Waals surface area contributed by atoms with Crippen LogP contribution < -0.4 is 5.73 Å². The Balaban J connectivity index is 1.81. The Kier molecular flexibility index (Phi) is 1.69. The van der Waals surface area contributed by atoms with Crippen molar-refractivity contribution in [1.82, 2.24) is 9.38 Å². The molecule has 3 rings (SSSR count). The Morgan fingerprint density at radius 3 is 3.21 bits per heavy atom. The van der Waals surface area contributed by atoms with Crippen molar-refractivity contribution in [2.75, 3.05) is 0 Å². The smallest absolute Gasteiger partial charge is 0.193 e. The number of thiazole rings is 1. The molecule has 2 N–H and O–H groups in total. The lowest BCUT2D eigenvalue weighted by Crippen LogP contribution is -2.22. The van der Waals surface area contributed by atoms with Crippen molar-refractivity contribution < 1.29 is 0 Å². The van der Waals surface area contributed by atoms with E-state index in [0.717, 1.165) is 17.8 Å². The fourth-order valence-electron chi connectivity index (χ4n) is 1.75. The van der Waals surface area contributed by atoms with E-state index in [-0.39, 0.29) is 5.54 Å². The Morgan fingerprint density at radius 1 is 1.57 bits per heavy atom. The molecule has 3 nitrogen and oxygen atoms in total. The van der Waals surface area contributed by atoms with E-state index < -0.39 is 0 Å². The first-order valence-electron chi connectivity index (χ1n) is 4.95. The highest BCUT2D eigenvalue weighted by molar-refractivity contribution is 7.15. The van der Waals surface area contributed by atoms with Crippen molar-refractivity contribution in [2.24, 2.45) is 5.73 Å². The summed E-state index contributed by atoms with van der Waals surface area (Å²) in [5.41, 5.74) is 7.50. The number of hydrogen-bond donors (Lipinski definition) is 1. The summed E-state index contributed by atoms with van der Waals surface area (Å²) in [6.07, 6.45) is 8.58. The van der Waals surface area contributed by atoms with Crippen LogP contribution in [0.4, 0.5) is 0 Å². The van der Waals surface area contributed by atoms with E-state index >= 15 is 0 Å². The van der Waals surface area contributed by atoms with Crippen LogP contribution in [-0.2, 0) is 6.42 Å². The zero-order valence-corrected chi connectivity index (χ0v) is 8.76. The molecule has 0 bridgehead atoms. The molecule has 0 aromatic carbocycles. The normalized spacial score (nSPS) is 18.9. The molecule has 2 heterocycles. The molecule has 1 aliphatic carbocycles. The summed E-state index contributed by atoms with van der Waals surface area (Å²) in [6, 6.07) is 0. The molecule has 0 unspecified atom stereocenters. The third-order valence-electron chi connectivity index (χ3n) is 2.99. The van der Waals surface area contributed by atoms with E-state index in [1.54, 1.807) is 11.3 Å². The van der Waals surface area contributed by atoms with Gasteiger partial charge in [0, 0.05) is 22.8 Å². The number of nitrogens with zero attached hydrogens (tertiary/aromatic N) is 2. The molecule has 1 aliphatic rings. The molecule has 0 amide bonds. The van der Waals surface area contributed by atoms with Gasteiger partial charge in [-0.15, -0.1) is 11.3 Å². The second-order valence-corrected chi connectivity index (χ2v) is 5.04. The second-order valence-electron chi connectivity index (χ2n) is 4.17. The zero-order chi connectivity index (χ0) is 9.60. The standard InChI is InChI=1S/C10H13N3S/c11-10(3-4-10)2-1-8-7-12-9-13(8)5-6-14-9/h5-7H,1-4,11H2. The van der Waals surface area contributed by atoms with Gasteiger partial charge < -0.3 is 5.73 Å². The molecule has 14 heavy (non-hydrogen) atoms. The van der Waals surface area contributed by atoms with Gasteiger partial charge in [0.2, 0.25) is 0 Å². The predicted molar refractivity (Wildman–Crippen MR) is 57.5 cm³/mol. The Bertz CT molecular complexity index is 453. The number of aromatic nitrogens is 2. The minimum absolute atomic E-state index is 0.153. The molecule has 0 radical (unpaired) electrons. The molecule has 74 valence electrons. The SMILES string of the molecule is NC1(CCc2cnc3sccn23)CC1. The van der Waals surface area contributed by atoms with Gasteiger partial charge in [-0.3, -0.25) is 4.40 Å². The zero-order valence-electron chi connectivity index (χ0n) is 7.94. The first kappa shape index (κ1) is 8.44. The average Bonchev–Trinajstić information content (AvgIpc) is 2.65. The maximum Gasteiger partial charge on any atom is 0.193 e. The lowest BCUT2D eigenvalue weighted by Gasteiger charge is -2.06. The molecule has 0 atom stereocenters. The van der Waals surface area contributed by atoms with Crippen LogP contribution in [0, 0.1) is 0 Å². The van der Waals surface area contributed by atoms with Gasteiger partial charge >= 0.3 is 0 Å². The summed E-state index contributed by atoms with van der Waals surface area (Å²) in [5, 5.41) is 2.07. The Morgan fingerprint density at radius 2 is 2.43 bits per heavy atom. The van der Waals surface area contributed by atoms with Crippen molar-refractivity contribution in [3.63, 3.8) is 0 Å². The summed E-state index contributed by atoms with van der Waals surface area (Å²) in [5.74, 6) is 0. The molecule has 2 aromatic rings. The summed E-state index contributed by atoms with van der Waals surface area (Å²) >= 11 is 1.68. The van der Waals surface area contributed by atoms with Crippen molar-refractivity contribution in [3.05, 3.63) is 23.5 Å². The van der Waals surface area contributed by atoms with Gasteiger partial charge in [0.25, 0.3) is 0 Å². The fraction of sp³-hybridized carbons (Fsp3) is 0.500. The minimum atomic E-state index is 0.153. The summed E-state index contributed by atoms with van der Waals surface area (Å²) < 4.78 is 2.16. The monoisotopic (exact) mass is 207 g/mol. The molecule has 1 fully saturated rings. The first-order chi connectivity index (χ1) is 6.77. The van der Waals surface area contributed by atoms with Gasteiger partial charge in [-0.2, -0.15) is 0 Å². The van der Waals surface area contributed by atoms with Crippen molar-refractivity contribution >= 4 is 16.3 Å². The van der Waals surface area contributed by atoms with E-state index in [9.17, 15) is 0 Å². The molecule has 4 heteroatoms. The Labute approximate surface area is 86.6 Å². The quantitative estimate of drug-likeness (QED) is 0.834. The van der Waals surface area contributed by atoms with E-state index in [4.69, 9.17) is 5.73 Å². The number of rotatable bonds is 3. The van der Waals surface area contributed by atoms with Crippen molar-refractivity contribution in [2.45, 2.75) is 31.2 Å². The maximum atomic E-state index is 6.06. The number of fused-ring (bicyclic) bond motifs is 1. The molecule has 0 saturated heterocycles. The van der Waals surface area contributed by atoms with Crippen LogP contribution in [0.2, 0.25) is 0 Å². The van der Waals surface area contributed by atoms with Crippen LogP contribution in [-0.4, -0.2) is 14.9 Å². The lowest BCUT2D eigenvalue weighted by molar-refractivity contribution is 0.602. The van der Waals surface area contributed by atoms with E-state index in [1.165, 1.54) is 18.5 Å². The average molecular weight is 207 g/mol. The highest BCUT2D eigenvalue weighted by Gasteiger charge is 2.37. The van der Waals surface area contributed by atoms with Crippen molar-refractivity contribution in [3.8, 4) is 0 Å². The van der Waals surface area contributed by atoms with Crippen LogP contribution >= 0.6 is 11.3 Å². The maximum absolute atomic E-state index is 6.06. The van der Waals surface area contributed by atoms with Crippen LogP contribution in [0.25, 0.3) is 4.96 Å². The highest BCUT2D eigenvalue weighted by Crippen LogP contribution is 2.36. The van der Waals surface area contributed by atoms with Crippen LogP contribution in [0.1, 0.15) is 25.0 Å². The van der Waals surface area contributed by atoms with E-state index in [1.807, 2.05) is 6.20 Å². The third-order valence-corrected chi connectivity index (χ3v) is 3.76. The topological polar surface area (TPSA) is 43.3 Å². The summed E-state index contributed by atoms with van der Waals surface area (Å²) in [6.45, 7) is 0. The predicted octanol–water partition coefficient (Wildman–Crippen LogP) is 1.82. The Hall–Kier alpha value is -0.870. The van der Waals surface area contributed by atoms with E-state index in [0.29, 0.717) is 0 Å². The molecule has 0 aliphatic heterocycles. The largest absolute Gasteiger partial charge is 0.325 e. The number of hydrogen-bond acceptors (Lipinski definition) is 3. The lowest BCUT2D eigenvalue weighted by atomic mass is 10.1. The second kappa shape index (κ2) is 2.81. The molecule has 2 aromatic heterocycles. The molecular weight excluding hydrogens is 194 g/mol. The first-order valence-corrected chi connectivity index (χ1v) is 5.83. The molecule has 0 spiro atoms. The summed E-state index contributed by atoms with van der Waals surface area (Å²) in [7, 11) is 0. The van der Waals surface area contributed by atoms with Crippen LogP contribution in [0.15, 0.2) is 17.8 Å². The van der Waals surface area contributed by atoms with Gasteiger partial charge in [-0.25, -0.2) is 4.98 Å². The van der Waals surface area contributed by atoms with Gasteiger partial charge in [0.05, 0.1) is 6.20 Å². The van der Waals surface area contributed by atoms with E-state index in [2.05, 4.69) is 21.0 Å².